The van der Waals surface area contributed by atoms with Crippen molar-refractivity contribution in [3.63, 3.8) is 0 Å². The smallest absolute Gasteiger partial charge is 0.177 e. The first-order chi connectivity index (χ1) is 4.93. The monoisotopic (exact) mass is 155 g/mol. The Kier molecular flexibility index (Phi) is 3.48. The van der Waals surface area contributed by atoms with Crippen LogP contribution in [-0.4, -0.2) is 15.6 Å². The second-order valence-electron chi connectivity index (χ2n) is 2.69. The van der Waals surface area contributed by atoms with Gasteiger partial charge < -0.3 is 4.43 Å². The Morgan fingerprint density at radius 2 is 2.40 bits per heavy atom. The van der Waals surface area contributed by atoms with Gasteiger partial charge in [0.15, 0.2) is 9.04 Å². The Bertz CT molecular complexity index is 126. The van der Waals surface area contributed by atoms with E-state index in [1.54, 1.807) is 0 Å². The topological polar surface area (TPSA) is 33.0 Å². The predicted octanol–water partition coefficient (Wildman–Crippen LogP) is 1.43. The highest BCUT2D eigenvalue weighted by Gasteiger charge is 2.14. The van der Waals surface area contributed by atoms with E-state index < -0.39 is 9.04 Å². The molecule has 2 nitrogen and oxygen atoms in total. The second-order valence-corrected chi connectivity index (χ2v) is 5.42. The number of hydrogen-bond acceptors (Lipinski definition) is 2. The van der Waals surface area contributed by atoms with Gasteiger partial charge in [0, 0.05) is 13.0 Å². The van der Waals surface area contributed by atoms with Gasteiger partial charge in [0.05, 0.1) is 6.07 Å². The van der Waals surface area contributed by atoms with Crippen LogP contribution < -0.4 is 0 Å². The quantitative estimate of drug-likeness (QED) is 0.565. The van der Waals surface area contributed by atoms with E-state index >= 15 is 0 Å². The first-order valence-corrected chi connectivity index (χ1v) is 6.02. The molecule has 0 saturated carbocycles. The van der Waals surface area contributed by atoms with E-state index in [1.165, 1.54) is 18.9 Å². The van der Waals surface area contributed by atoms with Crippen LogP contribution >= 0.6 is 0 Å². The van der Waals surface area contributed by atoms with Crippen LogP contribution in [-0.2, 0) is 4.43 Å². The van der Waals surface area contributed by atoms with Gasteiger partial charge in [-0.05, 0) is 18.5 Å². The number of nitrogens with zero attached hydrogens (tertiary/aromatic N) is 1. The lowest BCUT2D eigenvalue weighted by Gasteiger charge is -2.19. The van der Waals surface area contributed by atoms with E-state index in [2.05, 4.69) is 6.07 Å². The summed E-state index contributed by atoms with van der Waals surface area (Å²) in [5.74, 6) is 0. The van der Waals surface area contributed by atoms with Gasteiger partial charge in [0.25, 0.3) is 0 Å². The molecule has 1 rings (SSSR count). The number of rotatable bonds is 2. The fraction of sp³-hybridized carbons (Fsp3) is 0.857. The molecule has 0 aromatic rings. The molecular weight excluding hydrogens is 142 g/mol. The predicted molar refractivity (Wildman–Crippen MR) is 42.2 cm³/mol. The molecule has 0 aliphatic carbocycles. The molecule has 56 valence electrons. The SMILES string of the molecule is N#CCC[SiH]1CCCCO1. The Hall–Kier alpha value is -0.333. The minimum Gasteiger partial charge on any atom is -0.420 e. The molecule has 0 N–H and O–H groups in total. The van der Waals surface area contributed by atoms with Crippen molar-refractivity contribution in [3.05, 3.63) is 0 Å². The summed E-state index contributed by atoms with van der Waals surface area (Å²) >= 11 is 0. The molecule has 1 heterocycles. The Labute approximate surface area is 63.5 Å². The molecule has 1 unspecified atom stereocenters. The minimum absolute atomic E-state index is 0.705. The highest BCUT2D eigenvalue weighted by atomic mass is 28.3. The largest absolute Gasteiger partial charge is 0.420 e. The molecule has 1 saturated heterocycles. The molecule has 1 aliphatic rings. The third-order valence-electron chi connectivity index (χ3n) is 1.85. The molecule has 1 atom stereocenters. The van der Waals surface area contributed by atoms with Crippen molar-refractivity contribution in [2.45, 2.75) is 31.4 Å². The molecule has 10 heavy (non-hydrogen) atoms. The van der Waals surface area contributed by atoms with Crippen molar-refractivity contribution in [1.82, 2.24) is 0 Å². The van der Waals surface area contributed by atoms with E-state index in [-0.39, 0.29) is 0 Å². The van der Waals surface area contributed by atoms with E-state index in [9.17, 15) is 0 Å². The molecule has 0 amide bonds. The van der Waals surface area contributed by atoms with Gasteiger partial charge in [-0.15, -0.1) is 0 Å². The molecule has 0 spiro atoms. The molecule has 1 fully saturated rings. The maximum atomic E-state index is 8.31. The third kappa shape index (κ3) is 2.50. The molecular formula is C7H13NOSi. The summed E-state index contributed by atoms with van der Waals surface area (Å²) < 4.78 is 5.57. The zero-order valence-electron chi connectivity index (χ0n) is 6.18. The lowest BCUT2D eigenvalue weighted by atomic mass is 10.4. The van der Waals surface area contributed by atoms with E-state index in [0.29, 0.717) is 6.42 Å². The van der Waals surface area contributed by atoms with E-state index in [4.69, 9.17) is 9.69 Å². The second kappa shape index (κ2) is 4.48. The Balaban J connectivity index is 2.09. The minimum atomic E-state index is -0.866. The van der Waals surface area contributed by atoms with Crippen molar-refractivity contribution in [2.24, 2.45) is 0 Å². The Morgan fingerprint density at radius 1 is 1.50 bits per heavy atom. The standard InChI is InChI=1S/C7H13NOSi/c8-4-3-7-10-6-2-1-5-9-10/h10H,1-3,5-7H2. The first kappa shape index (κ1) is 7.77. The van der Waals surface area contributed by atoms with Crippen LogP contribution in [0.5, 0.6) is 0 Å². The molecule has 0 radical (unpaired) electrons. The van der Waals surface area contributed by atoms with Crippen LogP contribution in [0.4, 0.5) is 0 Å². The zero-order valence-corrected chi connectivity index (χ0v) is 7.33. The van der Waals surface area contributed by atoms with Crippen molar-refractivity contribution in [3.8, 4) is 6.07 Å². The average Bonchev–Trinajstić information content (AvgIpc) is 2.03. The summed E-state index contributed by atoms with van der Waals surface area (Å²) in [6, 6.07) is 4.53. The summed E-state index contributed by atoms with van der Waals surface area (Å²) in [6.45, 7) is 0.961. The highest BCUT2D eigenvalue weighted by Crippen LogP contribution is 2.14. The average molecular weight is 155 g/mol. The number of nitriles is 1. The fourth-order valence-corrected chi connectivity index (χ4v) is 3.58. The number of hydrogen-bond donors (Lipinski definition) is 0. The zero-order chi connectivity index (χ0) is 7.23. The first-order valence-electron chi connectivity index (χ1n) is 3.92. The van der Waals surface area contributed by atoms with Crippen LogP contribution in [0.15, 0.2) is 0 Å². The highest BCUT2D eigenvalue weighted by molar-refractivity contribution is 6.52. The van der Waals surface area contributed by atoms with Gasteiger partial charge >= 0.3 is 0 Å². The van der Waals surface area contributed by atoms with Crippen LogP contribution in [0.3, 0.4) is 0 Å². The van der Waals surface area contributed by atoms with Crippen LogP contribution in [0, 0.1) is 11.3 Å². The summed E-state index contributed by atoms with van der Waals surface area (Å²) in [6.07, 6.45) is 3.27. The van der Waals surface area contributed by atoms with Crippen molar-refractivity contribution >= 4 is 9.04 Å². The Morgan fingerprint density at radius 3 is 3.00 bits per heavy atom. The van der Waals surface area contributed by atoms with E-state index in [0.717, 1.165) is 12.7 Å². The van der Waals surface area contributed by atoms with Gasteiger partial charge in [0.1, 0.15) is 0 Å². The van der Waals surface area contributed by atoms with Crippen LogP contribution in [0.2, 0.25) is 12.1 Å². The maximum Gasteiger partial charge on any atom is 0.177 e. The van der Waals surface area contributed by atoms with Crippen LogP contribution in [0.25, 0.3) is 0 Å². The molecule has 3 heteroatoms. The lowest BCUT2D eigenvalue weighted by molar-refractivity contribution is 0.286. The van der Waals surface area contributed by atoms with Gasteiger partial charge in [-0.1, -0.05) is 6.42 Å². The third-order valence-corrected chi connectivity index (χ3v) is 4.54. The van der Waals surface area contributed by atoms with Gasteiger partial charge in [-0.25, -0.2) is 0 Å². The summed E-state index contributed by atoms with van der Waals surface area (Å²) in [4.78, 5) is 0. The molecule has 1 aliphatic heterocycles. The lowest BCUT2D eigenvalue weighted by Crippen LogP contribution is -2.22. The van der Waals surface area contributed by atoms with E-state index in [1.807, 2.05) is 0 Å². The molecule has 0 bridgehead atoms. The van der Waals surface area contributed by atoms with Crippen LogP contribution in [0.1, 0.15) is 19.3 Å². The maximum absolute atomic E-state index is 8.31. The summed E-state index contributed by atoms with van der Waals surface area (Å²) in [5.41, 5.74) is 0. The summed E-state index contributed by atoms with van der Waals surface area (Å²) in [5, 5.41) is 8.31. The van der Waals surface area contributed by atoms with Crippen molar-refractivity contribution < 1.29 is 4.43 Å². The van der Waals surface area contributed by atoms with Crippen molar-refractivity contribution in [2.75, 3.05) is 6.61 Å². The van der Waals surface area contributed by atoms with Crippen molar-refractivity contribution in [1.29, 1.82) is 5.26 Å². The van der Waals surface area contributed by atoms with Gasteiger partial charge in [-0.3, -0.25) is 0 Å². The normalized spacial score (nSPS) is 25.7. The van der Waals surface area contributed by atoms with Gasteiger partial charge in [0.2, 0.25) is 0 Å². The fourth-order valence-electron chi connectivity index (χ4n) is 1.26. The molecule has 0 aromatic heterocycles. The summed E-state index contributed by atoms with van der Waals surface area (Å²) in [7, 11) is -0.866. The van der Waals surface area contributed by atoms with Gasteiger partial charge in [-0.2, -0.15) is 5.26 Å². The molecule has 0 aromatic carbocycles.